The van der Waals surface area contributed by atoms with E-state index in [1.165, 1.54) is 0 Å². The Kier molecular flexibility index (Phi) is 7.97. The second-order valence-corrected chi connectivity index (χ2v) is 9.51. The number of benzene rings is 3. The monoisotopic (exact) mass is 537 g/mol. The largest absolute Gasteiger partial charge is 0.726 e. The van der Waals surface area contributed by atoms with E-state index in [4.69, 9.17) is 0 Å². The Morgan fingerprint density at radius 3 is 2.39 bits per heavy atom. The van der Waals surface area contributed by atoms with Gasteiger partial charge in [-0.15, -0.1) is 5.11 Å². The maximum atomic E-state index is 13.1. The van der Waals surface area contributed by atoms with E-state index >= 15 is 0 Å². The Bertz CT molecular complexity index is 1770. The lowest BCUT2D eigenvalue weighted by molar-refractivity contribution is -0.644. The molecule has 198 valence electrons. The molecule has 5 rings (SSSR count). The maximum Gasteiger partial charge on any atom is 0.335 e. The number of aliphatic hydroxyl groups excluding tert-OH is 1. The molecule has 0 saturated carbocycles. The predicted octanol–water partition coefficient (Wildman–Crippen LogP) is 3.20. The number of hydrogen-bond donors (Lipinski definition) is 1. The van der Waals surface area contributed by atoms with Crippen molar-refractivity contribution in [1.82, 2.24) is 4.40 Å². The fraction of sp³-hybridized carbons (Fsp3) is 0.231. The summed E-state index contributed by atoms with van der Waals surface area (Å²) in [5, 5.41) is 20.6. The molecule has 0 bridgehead atoms. The van der Waals surface area contributed by atoms with Crippen molar-refractivity contribution in [1.29, 1.82) is 0 Å². The minimum atomic E-state index is -4.41. The van der Waals surface area contributed by atoms with Crippen molar-refractivity contribution in [2.24, 2.45) is 17.3 Å². The Morgan fingerprint density at radius 1 is 1.08 bits per heavy atom. The standard InChI is InChI=1S/C25H24N5O2.CH4O4S/c1-3-29(15-16-31)18-9-7-17(8-10-18)26-27-21-11-12-22-23-19(21)5-4-6-20(23)24(32)25-28(2)13-14-30(22)25;1-5-6(2,3)4/h4-14,31H,3,15-16H2,1-2H3;1H3,(H,2,3,4)/q+1;/p-1. The topological polar surface area (TPSA) is 140 Å². The van der Waals surface area contributed by atoms with Gasteiger partial charge in [0.2, 0.25) is 10.4 Å². The third-order valence-corrected chi connectivity index (χ3v) is 6.56. The molecular formula is C26H27N5O6S. The minimum absolute atomic E-state index is 0.00337. The molecule has 0 aliphatic heterocycles. The molecule has 2 aromatic heterocycles. The van der Waals surface area contributed by atoms with E-state index in [-0.39, 0.29) is 12.0 Å². The van der Waals surface area contributed by atoms with Gasteiger partial charge >= 0.3 is 5.65 Å². The number of likely N-dealkylation sites (N-methyl/N-ethyl adjacent to an activating group) is 1. The molecule has 0 saturated heterocycles. The second kappa shape index (κ2) is 11.2. The highest BCUT2D eigenvalue weighted by molar-refractivity contribution is 7.80. The van der Waals surface area contributed by atoms with Crippen molar-refractivity contribution < 1.29 is 26.8 Å². The molecule has 38 heavy (non-hydrogen) atoms. The molecule has 0 atom stereocenters. The van der Waals surface area contributed by atoms with Gasteiger partial charge in [-0.25, -0.2) is 13.0 Å². The van der Waals surface area contributed by atoms with Gasteiger partial charge in [0, 0.05) is 34.9 Å². The summed E-state index contributed by atoms with van der Waals surface area (Å²) in [7, 11) is -1.72. The number of aryl methyl sites for hydroxylation is 1. The molecule has 12 heteroatoms. The Morgan fingerprint density at radius 2 is 1.76 bits per heavy atom. The normalized spacial score (nSPS) is 11.9. The predicted molar refractivity (Wildman–Crippen MR) is 143 cm³/mol. The summed E-state index contributed by atoms with van der Waals surface area (Å²) in [5.41, 5.74) is 4.11. The van der Waals surface area contributed by atoms with E-state index in [2.05, 4.69) is 26.2 Å². The van der Waals surface area contributed by atoms with Crippen LogP contribution in [0.2, 0.25) is 0 Å². The van der Waals surface area contributed by atoms with E-state index < -0.39 is 10.4 Å². The van der Waals surface area contributed by atoms with Gasteiger partial charge in [-0.05, 0) is 49.4 Å². The minimum Gasteiger partial charge on any atom is -0.726 e. The highest BCUT2D eigenvalue weighted by Gasteiger charge is 2.20. The number of anilines is 1. The van der Waals surface area contributed by atoms with Crippen LogP contribution in [0, 0.1) is 0 Å². The van der Waals surface area contributed by atoms with Crippen molar-refractivity contribution >= 4 is 54.8 Å². The smallest absolute Gasteiger partial charge is 0.335 e. The highest BCUT2D eigenvalue weighted by atomic mass is 32.3. The average Bonchev–Trinajstić information content (AvgIpc) is 3.31. The summed E-state index contributed by atoms with van der Waals surface area (Å²) in [4.78, 5) is 15.2. The van der Waals surface area contributed by atoms with Crippen molar-refractivity contribution in [3.05, 3.63) is 77.2 Å². The number of fused-ring (bicyclic) bond motifs is 2. The number of pyridine rings is 1. The Labute approximate surface area is 219 Å². The highest BCUT2D eigenvalue weighted by Crippen LogP contribution is 2.33. The molecule has 0 amide bonds. The zero-order chi connectivity index (χ0) is 27.4. The summed E-state index contributed by atoms with van der Waals surface area (Å²) >= 11 is 0. The lowest BCUT2D eigenvalue weighted by Crippen LogP contribution is -2.31. The van der Waals surface area contributed by atoms with Gasteiger partial charge in [0.25, 0.3) is 5.43 Å². The number of imidazole rings is 1. The van der Waals surface area contributed by atoms with Crippen LogP contribution in [0.3, 0.4) is 0 Å². The molecule has 2 heterocycles. The number of azo groups is 1. The molecule has 0 fully saturated rings. The van der Waals surface area contributed by atoms with Crippen LogP contribution in [-0.4, -0.2) is 49.3 Å². The van der Waals surface area contributed by atoms with E-state index in [0.29, 0.717) is 17.6 Å². The Balaban J connectivity index is 0.000000505. The van der Waals surface area contributed by atoms with Crippen LogP contribution in [0.5, 0.6) is 0 Å². The average molecular weight is 538 g/mol. The maximum absolute atomic E-state index is 13.1. The first-order chi connectivity index (χ1) is 18.2. The summed E-state index contributed by atoms with van der Waals surface area (Å²) in [6.45, 7) is 3.59. The third kappa shape index (κ3) is 5.48. The summed E-state index contributed by atoms with van der Waals surface area (Å²) in [6, 6.07) is 17.5. The number of aromatic nitrogens is 2. The SMILES string of the molecule is CCN(CCO)c1ccc(N=Nc2ccc3c4c2cccc4c(=O)c2n3cc[n+]2C)cc1.COS(=O)(=O)[O-]. The van der Waals surface area contributed by atoms with Crippen molar-refractivity contribution in [2.45, 2.75) is 6.92 Å². The Hall–Kier alpha value is -3.97. The molecule has 0 aliphatic carbocycles. The second-order valence-electron chi connectivity index (χ2n) is 8.36. The molecule has 1 N–H and O–H groups in total. The zero-order valence-corrected chi connectivity index (χ0v) is 21.9. The number of rotatable bonds is 7. The molecule has 5 aromatic rings. The first-order valence-electron chi connectivity index (χ1n) is 11.7. The van der Waals surface area contributed by atoms with Crippen LogP contribution < -0.4 is 14.9 Å². The van der Waals surface area contributed by atoms with Crippen LogP contribution >= 0.6 is 0 Å². The first-order valence-corrected chi connectivity index (χ1v) is 13.1. The molecule has 3 aromatic carbocycles. The first kappa shape index (κ1) is 27.1. The third-order valence-electron chi connectivity index (χ3n) is 6.15. The molecular weight excluding hydrogens is 510 g/mol. The molecule has 0 aliphatic rings. The van der Waals surface area contributed by atoms with Gasteiger partial charge in [-0.2, -0.15) is 9.51 Å². The lowest BCUT2D eigenvalue weighted by atomic mass is 10.0. The van der Waals surface area contributed by atoms with Gasteiger partial charge in [0.15, 0.2) is 0 Å². The molecule has 11 nitrogen and oxygen atoms in total. The zero-order valence-electron chi connectivity index (χ0n) is 21.1. The fourth-order valence-corrected chi connectivity index (χ4v) is 4.34. The van der Waals surface area contributed by atoms with Crippen LogP contribution in [0.15, 0.2) is 82.0 Å². The molecule has 0 unspecified atom stereocenters. The van der Waals surface area contributed by atoms with Gasteiger partial charge in [-0.1, -0.05) is 12.1 Å². The fourth-order valence-electron chi connectivity index (χ4n) is 4.34. The van der Waals surface area contributed by atoms with Gasteiger partial charge in [-0.3, -0.25) is 8.98 Å². The molecule has 0 radical (unpaired) electrons. The van der Waals surface area contributed by atoms with Crippen LogP contribution in [0.25, 0.3) is 27.3 Å². The lowest BCUT2D eigenvalue weighted by Gasteiger charge is -2.21. The van der Waals surface area contributed by atoms with Gasteiger partial charge in [0.05, 0.1) is 32.1 Å². The van der Waals surface area contributed by atoms with Gasteiger partial charge in [0.1, 0.15) is 17.9 Å². The van der Waals surface area contributed by atoms with Crippen molar-refractivity contribution in [2.75, 3.05) is 31.7 Å². The summed E-state index contributed by atoms with van der Waals surface area (Å²) in [6.07, 6.45) is 3.81. The summed E-state index contributed by atoms with van der Waals surface area (Å²) < 4.78 is 34.8. The number of nitrogens with zero attached hydrogens (tertiary/aromatic N) is 5. The van der Waals surface area contributed by atoms with Gasteiger partial charge < -0.3 is 14.6 Å². The van der Waals surface area contributed by atoms with Crippen LogP contribution in [0.1, 0.15) is 6.92 Å². The van der Waals surface area contributed by atoms with Crippen LogP contribution in [-0.2, 0) is 21.6 Å². The van der Waals surface area contributed by atoms with Crippen LogP contribution in [0.4, 0.5) is 17.1 Å². The summed E-state index contributed by atoms with van der Waals surface area (Å²) in [5.74, 6) is 0. The van der Waals surface area contributed by atoms with Crippen molar-refractivity contribution in [3.8, 4) is 0 Å². The quantitative estimate of drug-likeness (QED) is 0.145. The number of aliphatic hydroxyl groups is 1. The van der Waals surface area contributed by atoms with E-state index in [0.717, 1.165) is 47.0 Å². The van der Waals surface area contributed by atoms with E-state index in [9.17, 15) is 22.9 Å². The van der Waals surface area contributed by atoms with E-state index in [1.54, 1.807) is 0 Å². The van der Waals surface area contributed by atoms with E-state index in [1.807, 2.05) is 83.0 Å². The number of hydrogen-bond acceptors (Lipinski definition) is 9. The molecule has 0 spiro atoms. The van der Waals surface area contributed by atoms with Crippen molar-refractivity contribution in [3.63, 3.8) is 0 Å².